The van der Waals surface area contributed by atoms with Crippen LogP contribution in [-0.4, -0.2) is 23.8 Å². The fourth-order valence-corrected chi connectivity index (χ4v) is 2.46. The maximum absolute atomic E-state index is 12.5. The zero-order chi connectivity index (χ0) is 17.3. The number of ether oxygens (including phenoxy) is 2. The smallest absolute Gasteiger partial charge is 0.347 e. The van der Waals surface area contributed by atoms with Crippen molar-refractivity contribution in [2.24, 2.45) is 0 Å². The lowest BCUT2D eigenvalue weighted by Crippen LogP contribution is -2.26. The second-order valence-corrected chi connectivity index (χ2v) is 5.26. The second-order valence-electron chi connectivity index (χ2n) is 5.26. The Kier molecular flexibility index (Phi) is 4.12. The monoisotopic (exact) mass is 328 g/mol. The van der Waals surface area contributed by atoms with Gasteiger partial charge in [-0.05, 0) is 26.0 Å². The van der Waals surface area contributed by atoms with Gasteiger partial charge in [-0.2, -0.15) is 0 Å². The summed E-state index contributed by atoms with van der Waals surface area (Å²) in [6.07, 6.45) is -0.853. The Morgan fingerprint density at radius 2 is 2.00 bits per heavy atom. The standard InChI is InChI=1S/C18H16O6/c1-3-22-18(21)10(2)23-11-8-13(19)16-15(9-11)24-14-7-5-4-6-12(14)17(16)20/h4-10,19H,3H2,1-2H3. The van der Waals surface area contributed by atoms with Crippen LogP contribution in [0.5, 0.6) is 11.5 Å². The molecule has 0 saturated heterocycles. The number of esters is 1. The number of phenols is 1. The van der Waals surface area contributed by atoms with Crippen molar-refractivity contribution in [3.8, 4) is 11.5 Å². The van der Waals surface area contributed by atoms with Crippen molar-refractivity contribution < 1.29 is 23.8 Å². The fourth-order valence-electron chi connectivity index (χ4n) is 2.46. The van der Waals surface area contributed by atoms with Gasteiger partial charge in [0.25, 0.3) is 0 Å². The first-order valence-corrected chi connectivity index (χ1v) is 7.53. The lowest BCUT2D eigenvalue weighted by atomic mass is 10.1. The molecule has 0 aliphatic heterocycles. The van der Waals surface area contributed by atoms with E-state index < -0.39 is 12.1 Å². The Labute approximate surface area is 137 Å². The average molecular weight is 328 g/mol. The summed E-state index contributed by atoms with van der Waals surface area (Å²) in [4.78, 5) is 24.1. The minimum absolute atomic E-state index is 0.0739. The van der Waals surface area contributed by atoms with Crippen LogP contribution in [0.2, 0.25) is 0 Å². The van der Waals surface area contributed by atoms with Crippen LogP contribution in [0.25, 0.3) is 21.9 Å². The van der Waals surface area contributed by atoms with Crippen molar-refractivity contribution in [2.75, 3.05) is 6.61 Å². The molecule has 1 aromatic heterocycles. The molecule has 0 amide bonds. The lowest BCUT2D eigenvalue weighted by Gasteiger charge is -2.14. The highest BCUT2D eigenvalue weighted by Crippen LogP contribution is 2.31. The molecule has 1 atom stereocenters. The highest BCUT2D eigenvalue weighted by molar-refractivity contribution is 5.93. The van der Waals surface area contributed by atoms with Crippen molar-refractivity contribution in [1.29, 1.82) is 0 Å². The van der Waals surface area contributed by atoms with Gasteiger partial charge in [-0.3, -0.25) is 4.79 Å². The van der Waals surface area contributed by atoms with Crippen molar-refractivity contribution in [3.05, 3.63) is 46.6 Å². The van der Waals surface area contributed by atoms with Gasteiger partial charge in [0.05, 0.1) is 12.0 Å². The summed E-state index contributed by atoms with van der Waals surface area (Å²) in [7, 11) is 0. The predicted octanol–water partition coefficient (Wildman–Crippen LogP) is 2.98. The van der Waals surface area contributed by atoms with Crippen LogP contribution in [0.3, 0.4) is 0 Å². The Balaban J connectivity index is 2.08. The van der Waals surface area contributed by atoms with E-state index >= 15 is 0 Å². The van der Waals surface area contributed by atoms with E-state index in [1.54, 1.807) is 31.2 Å². The minimum Gasteiger partial charge on any atom is -0.507 e. The molecule has 2 aromatic carbocycles. The Morgan fingerprint density at radius 3 is 2.75 bits per heavy atom. The van der Waals surface area contributed by atoms with Crippen LogP contribution in [0, 0.1) is 0 Å². The quantitative estimate of drug-likeness (QED) is 0.585. The number of carbonyl (C=O) groups is 1. The van der Waals surface area contributed by atoms with Crippen molar-refractivity contribution in [3.63, 3.8) is 0 Å². The molecule has 1 unspecified atom stereocenters. The third-order valence-corrected chi connectivity index (χ3v) is 3.56. The zero-order valence-electron chi connectivity index (χ0n) is 13.2. The van der Waals surface area contributed by atoms with Gasteiger partial charge in [-0.25, -0.2) is 4.79 Å². The molecule has 24 heavy (non-hydrogen) atoms. The molecule has 0 radical (unpaired) electrons. The number of rotatable bonds is 4. The van der Waals surface area contributed by atoms with E-state index in [1.165, 1.54) is 19.1 Å². The Morgan fingerprint density at radius 1 is 1.25 bits per heavy atom. The Hall–Kier alpha value is -3.02. The molecule has 3 rings (SSSR count). The topological polar surface area (TPSA) is 86.0 Å². The molecular formula is C18H16O6. The van der Waals surface area contributed by atoms with Crippen molar-refractivity contribution >= 4 is 27.9 Å². The fraction of sp³-hybridized carbons (Fsp3) is 0.222. The van der Waals surface area contributed by atoms with E-state index in [-0.39, 0.29) is 34.5 Å². The number of aromatic hydroxyl groups is 1. The van der Waals surface area contributed by atoms with Gasteiger partial charge in [0.1, 0.15) is 28.1 Å². The molecule has 0 aliphatic rings. The third kappa shape index (κ3) is 2.78. The molecule has 3 aromatic rings. The van der Waals surface area contributed by atoms with Gasteiger partial charge in [0.15, 0.2) is 6.10 Å². The summed E-state index contributed by atoms with van der Waals surface area (Å²) in [5.74, 6) is -0.575. The SMILES string of the molecule is CCOC(=O)C(C)Oc1cc(O)c2c(=O)c3ccccc3oc2c1. The molecule has 124 valence electrons. The van der Waals surface area contributed by atoms with E-state index in [4.69, 9.17) is 13.9 Å². The minimum atomic E-state index is -0.853. The van der Waals surface area contributed by atoms with Crippen LogP contribution in [0.1, 0.15) is 13.8 Å². The largest absolute Gasteiger partial charge is 0.507 e. The molecule has 6 nitrogen and oxygen atoms in total. The number of para-hydroxylation sites is 1. The molecule has 0 saturated carbocycles. The molecule has 0 fully saturated rings. The maximum atomic E-state index is 12.5. The summed E-state index contributed by atoms with van der Waals surface area (Å²) in [6, 6.07) is 9.53. The van der Waals surface area contributed by atoms with Gasteiger partial charge in [-0.1, -0.05) is 12.1 Å². The van der Waals surface area contributed by atoms with Crippen LogP contribution in [0.15, 0.2) is 45.6 Å². The van der Waals surface area contributed by atoms with Crippen LogP contribution in [0.4, 0.5) is 0 Å². The number of carbonyl (C=O) groups excluding carboxylic acids is 1. The molecule has 0 aliphatic carbocycles. The summed E-state index contributed by atoms with van der Waals surface area (Å²) < 4.78 is 16.0. The van der Waals surface area contributed by atoms with Gasteiger partial charge < -0.3 is 19.0 Å². The van der Waals surface area contributed by atoms with E-state index in [9.17, 15) is 14.7 Å². The number of benzene rings is 2. The van der Waals surface area contributed by atoms with Crippen LogP contribution in [-0.2, 0) is 9.53 Å². The number of hydrogen-bond acceptors (Lipinski definition) is 6. The van der Waals surface area contributed by atoms with Crippen LogP contribution >= 0.6 is 0 Å². The molecular weight excluding hydrogens is 312 g/mol. The van der Waals surface area contributed by atoms with Gasteiger partial charge in [0.2, 0.25) is 5.43 Å². The molecule has 6 heteroatoms. The predicted molar refractivity (Wildman–Crippen MR) is 88.4 cm³/mol. The highest BCUT2D eigenvalue weighted by Gasteiger charge is 2.18. The van der Waals surface area contributed by atoms with Gasteiger partial charge >= 0.3 is 5.97 Å². The van der Waals surface area contributed by atoms with Gasteiger partial charge in [-0.15, -0.1) is 0 Å². The summed E-state index contributed by atoms with van der Waals surface area (Å²) in [5.41, 5.74) is 0.268. The molecule has 1 heterocycles. The van der Waals surface area contributed by atoms with E-state index in [0.29, 0.717) is 11.0 Å². The van der Waals surface area contributed by atoms with E-state index in [1.807, 2.05) is 0 Å². The van der Waals surface area contributed by atoms with E-state index in [0.717, 1.165) is 0 Å². The normalized spacial score (nSPS) is 12.2. The van der Waals surface area contributed by atoms with E-state index in [2.05, 4.69) is 0 Å². The summed E-state index contributed by atoms with van der Waals surface area (Å²) in [6.45, 7) is 3.48. The third-order valence-electron chi connectivity index (χ3n) is 3.56. The second kappa shape index (κ2) is 6.23. The number of phenolic OH excluding ortho intramolecular Hbond substituents is 1. The summed E-state index contributed by atoms with van der Waals surface area (Å²) >= 11 is 0. The first-order valence-electron chi connectivity index (χ1n) is 7.53. The number of fused-ring (bicyclic) bond motifs is 2. The zero-order valence-corrected chi connectivity index (χ0v) is 13.2. The van der Waals surface area contributed by atoms with Crippen molar-refractivity contribution in [2.45, 2.75) is 20.0 Å². The van der Waals surface area contributed by atoms with Crippen LogP contribution < -0.4 is 10.2 Å². The summed E-state index contributed by atoms with van der Waals surface area (Å²) in [5, 5.41) is 10.6. The molecule has 1 N–H and O–H groups in total. The molecule has 0 bridgehead atoms. The lowest BCUT2D eigenvalue weighted by molar-refractivity contribution is -0.150. The van der Waals surface area contributed by atoms with Gasteiger partial charge in [0, 0.05) is 12.1 Å². The highest BCUT2D eigenvalue weighted by atomic mass is 16.6. The first kappa shape index (κ1) is 15.9. The number of hydrogen-bond donors (Lipinski definition) is 1. The molecule has 0 spiro atoms. The maximum Gasteiger partial charge on any atom is 0.347 e. The Bertz CT molecular complexity index is 972. The first-order chi connectivity index (χ1) is 11.5. The van der Waals surface area contributed by atoms with Crippen molar-refractivity contribution in [1.82, 2.24) is 0 Å². The average Bonchev–Trinajstić information content (AvgIpc) is 2.54.